The van der Waals surface area contributed by atoms with Crippen molar-refractivity contribution in [2.75, 3.05) is 0 Å². The second-order valence-electron chi connectivity index (χ2n) is 4.38. The van der Waals surface area contributed by atoms with Crippen LogP contribution in [0.5, 0.6) is 0 Å². The maximum Gasteiger partial charge on any atom is 0.224 e. The molecule has 0 aliphatic heterocycles. The normalized spacial score (nSPS) is 10.5. The molecule has 0 saturated heterocycles. The van der Waals surface area contributed by atoms with Crippen molar-refractivity contribution >= 4 is 17.5 Å². The number of rotatable bonds is 4. The summed E-state index contributed by atoms with van der Waals surface area (Å²) in [5.74, 6) is 0.701. The van der Waals surface area contributed by atoms with Gasteiger partial charge in [0.1, 0.15) is 5.76 Å². The summed E-state index contributed by atoms with van der Waals surface area (Å²) in [6.07, 6.45) is 0.334. The molecule has 0 atom stereocenters. The second kappa shape index (κ2) is 5.89. The fourth-order valence-electron chi connectivity index (χ4n) is 1.79. The first kappa shape index (κ1) is 13.6. The van der Waals surface area contributed by atoms with E-state index >= 15 is 0 Å². The predicted octanol–water partition coefficient (Wildman–Crippen LogP) is 2.80. The minimum Gasteiger partial charge on any atom is -0.361 e. The van der Waals surface area contributed by atoms with Crippen LogP contribution in [0.15, 0.2) is 28.8 Å². The zero-order valence-electron chi connectivity index (χ0n) is 10.9. The predicted molar refractivity (Wildman–Crippen MR) is 73.0 cm³/mol. The molecule has 2 aromatic rings. The fourth-order valence-corrected chi connectivity index (χ4v) is 1.92. The van der Waals surface area contributed by atoms with Crippen LogP contribution in [-0.2, 0) is 17.8 Å². The van der Waals surface area contributed by atoms with E-state index < -0.39 is 0 Å². The number of aryl methyl sites for hydroxylation is 2. The van der Waals surface area contributed by atoms with Crippen LogP contribution in [0.2, 0.25) is 5.02 Å². The van der Waals surface area contributed by atoms with Gasteiger partial charge in [0.05, 0.1) is 12.1 Å². The first-order valence-corrected chi connectivity index (χ1v) is 6.37. The van der Waals surface area contributed by atoms with E-state index in [0.717, 1.165) is 22.6 Å². The van der Waals surface area contributed by atoms with Crippen LogP contribution in [0.3, 0.4) is 0 Å². The molecule has 0 spiro atoms. The molecule has 0 bridgehead atoms. The molecule has 2 rings (SSSR count). The molecular formula is C14H15ClN2O2. The minimum atomic E-state index is -0.0395. The lowest BCUT2D eigenvalue weighted by atomic mass is 10.1. The van der Waals surface area contributed by atoms with Gasteiger partial charge in [-0.15, -0.1) is 0 Å². The molecule has 0 aliphatic carbocycles. The molecule has 4 nitrogen and oxygen atoms in total. The summed E-state index contributed by atoms with van der Waals surface area (Å²) in [4.78, 5) is 11.8. The van der Waals surface area contributed by atoms with Gasteiger partial charge in [0.25, 0.3) is 0 Å². The number of benzene rings is 1. The quantitative estimate of drug-likeness (QED) is 0.936. The molecule has 100 valence electrons. The van der Waals surface area contributed by atoms with Gasteiger partial charge >= 0.3 is 0 Å². The second-order valence-corrected chi connectivity index (χ2v) is 4.82. The van der Waals surface area contributed by atoms with Gasteiger partial charge in [0.2, 0.25) is 5.91 Å². The zero-order valence-corrected chi connectivity index (χ0v) is 11.6. The Labute approximate surface area is 116 Å². The van der Waals surface area contributed by atoms with Gasteiger partial charge in [-0.1, -0.05) is 28.9 Å². The Bertz CT molecular complexity index is 556. The Hall–Kier alpha value is -1.81. The maximum atomic E-state index is 11.8. The van der Waals surface area contributed by atoms with Crippen molar-refractivity contribution in [1.29, 1.82) is 0 Å². The molecule has 1 N–H and O–H groups in total. The third kappa shape index (κ3) is 3.58. The maximum absolute atomic E-state index is 11.8. The van der Waals surface area contributed by atoms with Crippen molar-refractivity contribution < 1.29 is 9.32 Å². The van der Waals surface area contributed by atoms with E-state index in [1.165, 1.54) is 0 Å². The number of carbonyl (C=O) groups excluding carboxylic acids is 1. The van der Waals surface area contributed by atoms with Crippen LogP contribution in [0, 0.1) is 13.8 Å². The number of hydrogen-bond acceptors (Lipinski definition) is 3. The van der Waals surface area contributed by atoms with Crippen LogP contribution in [-0.4, -0.2) is 11.1 Å². The lowest BCUT2D eigenvalue weighted by Crippen LogP contribution is -2.25. The van der Waals surface area contributed by atoms with Crippen molar-refractivity contribution in [2.24, 2.45) is 0 Å². The molecule has 0 saturated carbocycles. The number of nitrogens with zero attached hydrogens (tertiary/aromatic N) is 1. The number of halogens is 1. The molecule has 1 amide bonds. The van der Waals surface area contributed by atoms with Gasteiger partial charge < -0.3 is 9.84 Å². The average Bonchev–Trinajstić information content (AvgIpc) is 2.70. The monoisotopic (exact) mass is 278 g/mol. The summed E-state index contributed by atoms with van der Waals surface area (Å²) in [6, 6.07) is 7.24. The third-order valence-electron chi connectivity index (χ3n) is 2.92. The van der Waals surface area contributed by atoms with Crippen LogP contribution >= 0.6 is 11.6 Å². The Morgan fingerprint density at radius 1 is 1.32 bits per heavy atom. The molecule has 0 radical (unpaired) electrons. The number of aromatic nitrogens is 1. The zero-order chi connectivity index (χ0) is 13.8. The molecule has 1 aromatic heterocycles. The van der Waals surface area contributed by atoms with E-state index in [-0.39, 0.29) is 5.91 Å². The van der Waals surface area contributed by atoms with Gasteiger partial charge in [-0.05, 0) is 31.5 Å². The van der Waals surface area contributed by atoms with E-state index in [4.69, 9.17) is 16.1 Å². The molecule has 1 heterocycles. The van der Waals surface area contributed by atoms with Gasteiger partial charge in [0.15, 0.2) is 0 Å². The van der Waals surface area contributed by atoms with Crippen molar-refractivity contribution in [3.05, 3.63) is 51.9 Å². The molecule has 19 heavy (non-hydrogen) atoms. The van der Waals surface area contributed by atoms with Gasteiger partial charge in [-0.3, -0.25) is 4.79 Å². The van der Waals surface area contributed by atoms with Crippen molar-refractivity contribution in [1.82, 2.24) is 10.5 Å². The Balaban J connectivity index is 1.90. The molecule has 0 fully saturated rings. The first-order chi connectivity index (χ1) is 9.06. The topological polar surface area (TPSA) is 55.1 Å². The number of hydrogen-bond donors (Lipinski definition) is 1. The lowest BCUT2D eigenvalue weighted by Gasteiger charge is -2.05. The van der Waals surface area contributed by atoms with Crippen molar-refractivity contribution in [3.63, 3.8) is 0 Å². The van der Waals surface area contributed by atoms with Gasteiger partial charge in [-0.2, -0.15) is 0 Å². The van der Waals surface area contributed by atoms with E-state index in [0.29, 0.717) is 18.0 Å². The number of carbonyl (C=O) groups is 1. The van der Waals surface area contributed by atoms with E-state index in [1.54, 1.807) is 12.1 Å². The highest BCUT2D eigenvalue weighted by Crippen LogP contribution is 2.12. The Morgan fingerprint density at radius 2 is 2.00 bits per heavy atom. The largest absolute Gasteiger partial charge is 0.361 e. The number of nitrogens with one attached hydrogen (secondary N) is 1. The molecule has 0 unspecified atom stereocenters. The smallest absolute Gasteiger partial charge is 0.224 e. The summed E-state index contributed by atoms with van der Waals surface area (Å²) >= 11 is 5.79. The standard InChI is InChI=1S/C14H15ClN2O2/c1-9-13(10(2)19-17-9)8-16-14(18)7-11-3-5-12(15)6-4-11/h3-6H,7-8H2,1-2H3,(H,16,18). The fraction of sp³-hybridized carbons (Fsp3) is 0.286. The van der Waals surface area contributed by atoms with Crippen molar-refractivity contribution in [3.8, 4) is 0 Å². The third-order valence-corrected chi connectivity index (χ3v) is 3.17. The summed E-state index contributed by atoms with van der Waals surface area (Å²) in [5, 5.41) is 7.37. The lowest BCUT2D eigenvalue weighted by molar-refractivity contribution is -0.120. The molecular weight excluding hydrogens is 264 g/mol. The SMILES string of the molecule is Cc1noc(C)c1CNC(=O)Cc1ccc(Cl)cc1. The van der Waals surface area contributed by atoms with E-state index in [1.807, 2.05) is 26.0 Å². The van der Waals surface area contributed by atoms with Crippen molar-refractivity contribution in [2.45, 2.75) is 26.8 Å². The summed E-state index contributed by atoms with van der Waals surface area (Å²) in [7, 11) is 0. The van der Waals surface area contributed by atoms with Crippen LogP contribution < -0.4 is 5.32 Å². The summed E-state index contributed by atoms with van der Waals surface area (Å²) < 4.78 is 5.04. The van der Waals surface area contributed by atoms with E-state index in [9.17, 15) is 4.79 Å². The summed E-state index contributed by atoms with van der Waals surface area (Å²) in [5.41, 5.74) is 2.68. The Morgan fingerprint density at radius 3 is 2.58 bits per heavy atom. The van der Waals surface area contributed by atoms with Crippen LogP contribution in [0.25, 0.3) is 0 Å². The molecule has 5 heteroatoms. The van der Waals surface area contributed by atoms with Gasteiger partial charge in [0, 0.05) is 17.1 Å². The minimum absolute atomic E-state index is 0.0395. The van der Waals surface area contributed by atoms with Crippen LogP contribution in [0.1, 0.15) is 22.6 Å². The number of amides is 1. The average molecular weight is 279 g/mol. The highest BCUT2D eigenvalue weighted by atomic mass is 35.5. The van der Waals surface area contributed by atoms with Crippen LogP contribution in [0.4, 0.5) is 0 Å². The summed E-state index contributed by atoms with van der Waals surface area (Å²) in [6.45, 7) is 4.13. The Kier molecular flexibility index (Phi) is 4.22. The highest BCUT2D eigenvalue weighted by molar-refractivity contribution is 6.30. The van der Waals surface area contributed by atoms with E-state index in [2.05, 4.69) is 10.5 Å². The molecule has 0 aliphatic rings. The highest BCUT2D eigenvalue weighted by Gasteiger charge is 2.10. The molecule has 1 aromatic carbocycles. The first-order valence-electron chi connectivity index (χ1n) is 5.99. The van der Waals surface area contributed by atoms with Gasteiger partial charge in [-0.25, -0.2) is 0 Å².